The van der Waals surface area contributed by atoms with Crippen LogP contribution in [0.25, 0.3) is 0 Å². The van der Waals surface area contributed by atoms with Crippen LogP contribution in [-0.4, -0.2) is 26.2 Å². The highest BCUT2D eigenvalue weighted by Gasteiger charge is 2.37. The van der Waals surface area contributed by atoms with E-state index in [2.05, 4.69) is 38.8 Å². The van der Waals surface area contributed by atoms with Crippen molar-refractivity contribution in [2.75, 3.05) is 6.61 Å². The molecule has 0 atom stereocenters. The van der Waals surface area contributed by atoms with Gasteiger partial charge in [0.15, 0.2) is 14.6 Å². The molecule has 0 fully saturated rings. The van der Waals surface area contributed by atoms with Gasteiger partial charge in [-0.3, -0.25) is 4.79 Å². The van der Waals surface area contributed by atoms with Crippen molar-refractivity contribution in [3.05, 3.63) is 29.1 Å². The molecule has 0 radical (unpaired) electrons. The van der Waals surface area contributed by atoms with Crippen molar-refractivity contribution in [2.24, 2.45) is 0 Å². The van der Waals surface area contributed by atoms with Crippen molar-refractivity contribution in [2.45, 2.75) is 51.5 Å². The summed E-state index contributed by atoms with van der Waals surface area (Å²) in [7, 11) is -1.92. The van der Waals surface area contributed by atoms with Gasteiger partial charge in [0, 0.05) is 6.61 Å². The second-order valence-electron chi connectivity index (χ2n) is 6.72. The van der Waals surface area contributed by atoms with Crippen LogP contribution in [0, 0.1) is 0 Å². The highest BCUT2D eigenvalue weighted by Crippen LogP contribution is 2.36. The lowest BCUT2D eigenvalue weighted by molar-refractivity contribution is -0.141. The Morgan fingerprint density at radius 2 is 1.82 bits per heavy atom. The summed E-state index contributed by atoms with van der Waals surface area (Å²) in [6.07, 6.45) is -3.82. The summed E-state index contributed by atoms with van der Waals surface area (Å²) in [6.45, 7) is 10.9. The van der Waals surface area contributed by atoms with Gasteiger partial charge < -0.3 is 4.43 Å². The third-order valence-electron chi connectivity index (χ3n) is 4.05. The summed E-state index contributed by atoms with van der Waals surface area (Å²) in [5.74, 6) is 0. The van der Waals surface area contributed by atoms with E-state index in [9.17, 15) is 18.0 Å². The van der Waals surface area contributed by atoms with E-state index in [1.807, 2.05) is 0 Å². The van der Waals surface area contributed by atoms with Crippen LogP contribution in [-0.2, 0) is 17.0 Å². The lowest BCUT2D eigenvalue weighted by Gasteiger charge is -2.36. The Morgan fingerprint density at radius 1 is 1.23 bits per heavy atom. The molecule has 0 aromatic carbocycles. The predicted molar refractivity (Wildman–Crippen MR) is 81.5 cm³/mol. The molecule has 0 N–H and O–H groups in total. The van der Waals surface area contributed by atoms with Crippen LogP contribution in [0.3, 0.4) is 0 Å². The lowest BCUT2D eigenvalue weighted by atomic mass is 10.1. The average molecular weight is 333 g/mol. The summed E-state index contributed by atoms with van der Waals surface area (Å²) in [6, 6.07) is 2.20. The normalized spacial score (nSPS) is 13.3. The molecule has 0 aliphatic heterocycles. The van der Waals surface area contributed by atoms with Crippen LogP contribution in [0.1, 0.15) is 42.5 Å². The molecule has 0 aliphatic carbocycles. The standard InChI is InChI=1S/C15H22F3NO2Si/c1-14(2,3)22(4,5)21-9-8-11-6-7-13(15(16,17)18)19-12(11)10-20/h6-7,10H,8-9H2,1-5H3. The Morgan fingerprint density at radius 3 is 2.27 bits per heavy atom. The zero-order valence-electron chi connectivity index (χ0n) is 13.5. The van der Waals surface area contributed by atoms with Crippen molar-refractivity contribution < 1.29 is 22.4 Å². The highest BCUT2D eigenvalue weighted by atomic mass is 28.4. The fourth-order valence-corrected chi connectivity index (χ4v) is 2.65. The third-order valence-corrected chi connectivity index (χ3v) is 8.59. The molecule has 0 spiro atoms. The Kier molecular flexibility index (Phi) is 5.56. The topological polar surface area (TPSA) is 39.2 Å². The van der Waals surface area contributed by atoms with E-state index in [1.165, 1.54) is 6.07 Å². The maximum atomic E-state index is 12.6. The quantitative estimate of drug-likeness (QED) is 0.589. The van der Waals surface area contributed by atoms with Gasteiger partial charge in [0.25, 0.3) is 0 Å². The number of hydrogen-bond donors (Lipinski definition) is 0. The number of halogens is 3. The van der Waals surface area contributed by atoms with Crippen LogP contribution < -0.4 is 0 Å². The zero-order valence-corrected chi connectivity index (χ0v) is 14.5. The predicted octanol–water partition coefficient (Wildman–Crippen LogP) is 4.48. The van der Waals surface area contributed by atoms with Gasteiger partial charge in [-0.1, -0.05) is 26.8 Å². The number of aromatic nitrogens is 1. The van der Waals surface area contributed by atoms with E-state index in [0.717, 1.165) is 6.07 Å². The first-order chi connectivity index (χ1) is 9.88. The van der Waals surface area contributed by atoms with Gasteiger partial charge in [0.1, 0.15) is 11.4 Å². The largest absolute Gasteiger partial charge is 0.433 e. The van der Waals surface area contributed by atoms with Gasteiger partial charge >= 0.3 is 6.18 Å². The molecule has 0 unspecified atom stereocenters. The monoisotopic (exact) mass is 333 g/mol. The van der Waals surface area contributed by atoms with Gasteiger partial charge in [-0.05, 0) is 36.2 Å². The number of alkyl halides is 3. The Hall–Kier alpha value is -1.21. The van der Waals surface area contributed by atoms with E-state index in [4.69, 9.17) is 4.43 Å². The van der Waals surface area contributed by atoms with E-state index in [1.54, 1.807) is 0 Å². The molecule has 22 heavy (non-hydrogen) atoms. The Bertz CT molecular complexity index is 537. The molecule has 7 heteroatoms. The van der Waals surface area contributed by atoms with Gasteiger partial charge in [-0.15, -0.1) is 0 Å². The molecule has 124 valence electrons. The minimum absolute atomic E-state index is 0.0544. The summed E-state index contributed by atoms with van der Waals surface area (Å²) in [5.41, 5.74) is -0.751. The van der Waals surface area contributed by atoms with Gasteiger partial charge in [0.2, 0.25) is 0 Å². The van der Waals surface area contributed by atoms with Crippen LogP contribution in [0.4, 0.5) is 13.2 Å². The molecule has 0 saturated carbocycles. The van der Waals surface area contributed by atoms with Gasteiger partial charge in [0.05, 0.1) is 0 Å². The summed E-state index contributed by atoms with van der Waals surface area (Å²) >= 11 is 0. The number of nitrogens with zero attached hydrogens (tertiary/aromatic N) is 1. The number of hydrogen-bond acceptors (Lipinski definition) is 3. The number of rotatable bonds is 5. The number of pyridine rings is 1. The van der Waals surface area contributed by atoms with E-state index in [-0.39, 0.29) is 10.7 Å². The van der Waals surface area contributed by atoms with Crippen molar-refractivity contribution >= 4 is 14.6 Å². The molecular formula is C15H22F3NO2Si. The first-order valence-corrected chi connectivity index (χ1v) is 9.95. The van der Waals surface area contributed by atoms with Gasteiger partial charge in [-0.2, -0.15) is 13.2 Å². The lowest BCUT2D eigenvalue weighted by Crippen LogP contribution is -2.41. The zero-order chi connectivity index (χ0) is 17.2. The summed E-state index contributed by atoms with van der Waals surface area (Å²) < 4.78 is 43.7. The first kappa shape index (κ1) is 18.8. The number of carbonyl (C=O) groups excluding carboxylic acids is 1. The fourth-order valence-electron chi connectivity index (χ4n) is 1.61. The molecule has 0 bridgehead atoms. The molecule has 0 saturated heterocycles. The second kappa shape index (κ2) is 6.50. The Labute approximate surface area is 130 Å². The van der Waals surface area contributed by atoms with Crippen molar-refractivity contribution in [3.63, 3.8) is 0 Å². The van der Waals surface area contributed by atoms with Crippen molar-refractivity contribution in [3.8, 4) is 0 Å². The summed E-state index contributed by atoms with van der Waals surface area (Å²) in [4.78, 5) is 14.4. The number of carbonyl (C=O) groups is 1. The average Bonchev–Trinajstić information content (AvgIpc) is 2.36. The SMILES string of the molecule is CC(C)(C)[Si](C)(C)OCCc1ccc(C(F)(F)F)nc1C=O. The van der Waals surface area contributed by atoms with E-state index in [0.29, 0.717) is 24.9 Å². The van der Waals surface area contributed by atoms with Crippen LogP contribution in [0.15, 0.2) is 12.1 Å². The second-order valence-corrected chi connectivity index (χ2v) is 11.5. The fraction of sp³-hybridized carbons (Fsp3) is 0.600. The van der Waals surface area contributed by atoms with Crippen molar-refractivity contribution in [1.29, 1.82) is 0 Å². The maximum Gasteiger partial charge on any atom is 0.433 e. The molecule has 3 nitrogen and oxygen atoms in total. The smallest absolute Gasteiger partial charge is 0.416 e. The minimum Gasteiger partial charge on any atom is -0.416 e. The Balaban J connectivity index is 2.81. The minimum atomic E-state index is -4.55. The number of aldehydes is 1. The summed E-state index contributed by atoms with van der Waals surface area (Å²) in [5, 5.41) is 0.0544. The molecule has 0 aliphatic rings. The first-order valence-electron chi connectivity index (χ1n) is 7.05. The van der Waals surface area contributed by atoms with Crippen LogP contribution in [0.5, 0.6) is 0 Å². The third kappa shape index (κ3) is 4.64. The molecule has 1 rings (SSSR count). The van der Waals surface area contributed by atoms with E-state index < -0.39 is 20.2 Å². The molecule has 0 amide bonds. The molecule has 1 aromatic heterocycles. The molecule has 1 heterocycles. The molecule has 1 aromatic rings. The van der Waals surface area contributed by atoms with Crippen molar-refractivity contribution in [1.82, 2.24) is 4.98 Å². The van der Waals surface area contributed by atoms with Gasteiger partial charge in [-0.25, -0.2) is 4.98 Å². The molecular weight excluding hydrogens is 311 g/mol. The highest BCUT2D eigenvalue weighted by molar-refractivity contribution is 6.74. The maximum absolute atomic E-state index is 12.6. The van der Waals surface area contributed by atoms with Crippen LogP contribution >= 0.6 is 0 Å². The van der Waals surface area contributed by atoms with E-state index >= 15 is 0 Å². The van der Waals surface area contributed by atoms with Crippen LogP contribution in [0.2, 0.25) is 18.1 Å².